The van der Waals surface area contributed by atoms with Gasteiger partial charge in [-0.2, -0.15) is 4.57 Å². The number of sulfonamides is 1. The maximum atomic E-state index is 13.9. The molecule has 1 aromatic heterocycles. The van der Waals surface area contributed by atoms with E-state index >= 15 is 0 Å². The third kappa shape index (κ3) is 5.86. The zero-order valence-corrected chi connectivity index (χ0v) is 27.3. The maximum absolute atomic E-state index is 13.9. The van der Waals surface area contributed by atoms with Crippen molar-refractivity contribution < 1.29 is 17.7 Å². The highest BCUT2D eigenvalue weighted by Gasteiger charge is 2.27. The van der Waals surface area contributed by atoms with Gasteiger partial charge in [-0.15, -0.1) is 0 Å². The van der Waals surface area contributed by atoms with Crippen LogP contribution in [0.25, 0.3) is 39.3 Å². The number of nitrogens with one attached hydrogen (secondary N) is 1. The molecule has 0 radical (unpaired) electrons. The number of rotatable bonds is 7. The fourth-order valence-corrected chi connectivity index (χ4v) is 7.99. The minimum Gasteiger partial charge on any atom is -0.455 e. The zero-order valence-electron chi connectivity index (χ0n) is 25.7. The third-order valence-corrected chi connectivity index (χ3v) is 10.7. The predicted molar refractivity (Wildman–Crippen MR) is 192 cm³/mol. The minimum atomic E-state index is -3.95. The van der Waals surface area contributed by atoms with Gasteiger partial charge in [0.2, 0.25) is 17.1 Å². The van der Waals surface area contributed by atoms with Crippen molar-refractivity contribution in [1.29, 1.82) is 0 Å². The van der Waals surface area contributed by atoms with Gasteiger partial charge in [-0.3, -0.25) is 4.72 Å². The van der Waals surface area contributed by atoms with Gasteiger partial charge in [-0.1, -0.05) is 96.7 Å². The first-order valence-electron chi connectivity index (χ1n) is 15.5. The Kier molecular flexibility index (Phi) is 7.76. The Morgan fingerprint density at radius 3 is 1.75 bits per heavy atom. The molecule has 7 heteroatoms. The largest absolute Gasteiger partial charge is 0.455 e. The predicted octanol–water partition coefficient (Wildman–Crippen LogP) is 10.0. The van der Waals surface area contributed by atoms with E-state index < -0.39 is 10.0 Å². The Labute approximate surface area is 284 Å². The summed E-state index contributed by atoms with van der Waals surface area (Å²) in [5, 5.41) is 0. The summed E-state index contributed by atoms with van der Waals surface area (Å²) >= 11 is 1.55. The molecule has 0 unspecified atom stereocenters. The lowest BCUT2D eigenvalue weighted by Crippen LogP contribution is -2.36. The summed E-state index contributed by atoms with van der Waals surface area (Å²) < 4.78 is 38.9. The van der Waals surface area contributed by atoms with Crippen LogP contribution in [0.4, 0.5) is 5.69 Å². The molecular weight excluding hydrogens is 633 g/mol. The molecule has 2 heterocycles. The molecule has 0 atom stereocenters. The second kappa shape index (κ2) is 12.5. The highest BCUT2D eigenvalue weighted by molar-refractivity contribution is 7.99. The molecule has 1 aliphatic heterocycles. The van der Waals surface area contributed by atoms with Gasteiger partial charge in [-0.25, -0.2) is 8.42 Å². The van der Waals surface area contributed by atoms with Crippen LogP contribution in [0.15, 0.2) is 185 Å². The zero-order chi connectivity index (χ0) is 32.5. The summed E-state index contributed by atoms with van der Waals surface area (Å²) in [5.74, 6) is 1.49. The van der Waals surface area contributed by atoms with Gasteiger partial charge in [0.25, 0.3) is 10.0 Å². The topological polar surface area (TPSA) is 59.3 Å². The van der Waals surface area contributed by atoms with Gasteiger partial charge in [0, 0.05) is 35.4 Å². The Morgan fingerprint density at radius 2 is 1.08 bits per heavy atom. The first-order chi connectivity index (χ1) is 23.5. The Hall–Kier alpha value is -5.63. The van der Waals surface area contributed by atoms with Crippen LogP contribution in [0.5, 0.6) is 11.5 Å². The molecule has 0 bridgehead atoms. The second-order valence-electron chi connectivity index (χ2n) is 11.4. The van der Waals surface area contributed by atoms with Crippen molar-refractivity contribution in [3.05, 3.63) is 170 Å². The van der Waals surface area contributed by atoms with E-state index in [1.54, 1.807) is 42.1 Å². The first-order valence-corrected chi connectivity index (χ1v) is 17.8. The average Bonchev–Trinajstić information content (AvgIpc) is 3.14. The van der Waals surface area contributed by atoms with Gasteiger partial charge in [0.1, 0.15) is 11.5 Å². The number of benzene rings is 6. The van der Waals surface area contributed by atoms with Gasteiger partial charge < -0.3 is 4.74 Å². The first kappa shape index (κ1) is 29.8. The molecule has 1 N–H and O–H groups in total. The molecule has 1 aliphatic rings. The lowest BCUT2D eigenvalue weighted by Gasteiger charge is -2.20. The number of hydrogen-bond donors (Lipinski definition) is 1. The van der Waals surface area contributed by atoms with Crippen LogP contribution in [0, 0.1) is 0 Å². The van der Waals surface area contributed by atoms with Gasteiger partial charge in [-0.05, 0) is 71.8 Å². The SMILES string of the molecule is O=S(=O)(Nc1ccc2c(c1)Sc1ccccc1O2)c1cccc(-[n+]2c(-c3ccccc3)cc(-c3ccccc3)cc2-c2ccccc2)c1. The number of hydrogen-bond acceptors (Lipinski definition) is 4. The molecule has 0 aliphatic carbocycles. The Balaban J connectivity index is 1.23. The number of fused-ring (bicyclic) bond motifs is 2. The highest BCUT2D eigenvalue weighted by atomic mass is 32.2. The molecule has 0 spiro atoms. The number of anilines is 1. The van der Waals surface area contributed by atoms with Crippen LogP contribution >= 0.6 is 11.8 Å². The normalized spacial score (nSPS) is 12.0. The summed E-state index contributed by atoms with van der Waals surface area (Å²) in [6, 6.07) is 55.2. The lowest BCUT2D eigenvalue weighted by atomic mass is 9.98. The smallest absolute Gasteiger partial charge is 0.262 e. The van der Waals surface area contributed by atoms with Crippen molar-refractivity contribution in [2.24, 2.45) is 0 Å². The fourth-order valence-electron chi connectivity index (χ4n) is 5.91. The van der Waals surface area contributed by atoms with Crippen molar-refractivity contribution in [1.82, 2.24) is 0 Å². The van der Waals surface area contributed by atoms with E-state index in [4.69, 9.17) is 4.74 Å². The molecule has 8 rings (SSSR count). The molecule has 48 heavy (non-hydrogen) atoms. The van der Waals surface area contributed by atoms with Crippen molar-refractivity contribution >= 4 is 27.5 Å². The summed E-state index contributed by atoms with van der Waals surface area (Å²) in [6.07, 6.45) is 0. The van der Waals surface area contributed by atoms with E-state index in [1.807, 2.05) is 91.0 Å². The maximum Gasteiger partial charge on any atom is 0.262 e. The van der Waals surface area contributed by atoms with E-state index in [9.17, 15) is 8.42 Å². The fraction of sp³-hybridized carbons (Fsp3) is 0. The molecule has 0 saturated carbocycles. The van der Waals surface area contributed by atoms with Gasteiger partial charge in [0.05, 0.1) is 20.4 Å². The monoisotopic (exact) mass is 661 g/mol. The van der Waals surface area contributed by atoms with Gasteiger partial charge >= 0.3 is 0 Å². The van der Waals surface area contributed by atoms with Crippen LogP contribution < -0.4 is 14.0 Å². The van der Waals surface area contributed by atoms with Crippen LogP contribution in [0.1, 0.15) is 0 Å². The van der Waals surface area contributed by atoms with Crippen molar-refractivity contribution in [3.8, 4) is 50.8 Å². The molecule has 232 valence electrons. The number of aromatic nitrogens is 1. The van der Waals surface area contributed by atoms with Crippen LogP contribution in [0.2, 0.25) is 0 Å². The summed E-state index contributed by atoms with van der Waals surface area (Å²) in [5.41, 5.74) is 7.23. The van der Waals surface area contributed by atoms with E-state index in [2.05, 4.69) is 57.8 Å². The second-order valence-corrected chi connectivity index (χ2v) is 14.1. The number of nitrogens with zero attached hydrogens (tertiary/aromatic N) is 1. The molecule has 0 amide bonds. The summed E-state index contributed by atoms with van der Waals surface area (Å²) in [6.45, 7) is 0. The van der Waals surface area contributed by atoms with Crippen molar-refractivity contribution in [2.45, 2.75) is 14.7 Å². The molecular formula is C41H29N2O3S2+. The van der Waals surface area contributed by atoms with E-state index in [0.29, 0.717) is 11.4 Å². The highest BCUT2D eigenvalue weighted by Crippen LogP contribution is 2.47. The van der Waals surface area contributed by atoms with E-state index in [0.717, 1.165) is 54.9 Å². The van der Waals surface area contributed by atoms with Crippen LogP contribution in [0.3, 0.4) is 0 Å². The van der Waals surface area contributed by atoms with E-state index in [1.165, 1.54) is 0 Å². The van der Waals surface area contributed by atoms with Crippen molar-refractivity contribution in [3.63, 3.8) is 0 Å². The number of pyridine rings is 1. The standard InChI is InChI=1S/C41H29N2O3S2/c44-48(45,42-33-23-24-39-41(27-33)47-40-22-11-10-21-38(40)46-39)35-20-12-19-34(28-35)43-36(30-15-6-2-7-16-30)25-32(29-13-4-1-5-14-29)26-37(43)31-17-8-3-9-18-31/h1-28,42H/q+1. The minimum absolute atomic E-state index is 0.157. The Bertz CT molecular complexity index is 2320. The van der Waals surface area contributed by atoms with Crippen LogP contribution in [-0.2, 0) is 10.0 Å². The molecule has 5 nitrogen and oxygen atoms in total. The average molecular weight is 662 g/mol. The van der Waals surface area contributed by atoms with E-state index in [-0.39, 0.29) is 4.90 Å². The quantitative estimate of drug-likeness (QED) is 0.173. The lowest BCUT2D eigenvalue weighted by molar-refractivity contribution is -0.572. The summed E-state index contributed by atoms with van der Waals surface area (Å²) in [7, 11) is -3.95. The van der Waals surface area contributed by atoms with Crippen LogP contribution in [-0.4, -0.2) is 8.42 Å². The molecule has 0 saturated heterocycles. The van der Waals surface area contributed by atoms with Crippen molar-refractivity contribution in [2.75, 3.05) is 4.72 Å². The molecule has 0 fully saturated rings. The molecule has 7 aromatic rings. The molecule has 6 aromatic carbocycles. The van der Waals surface area contributed by atoms with Gasteiger partial charge in [0.15, 0.2) is 0 Å². The summed E-state index contributed by atoms with van der Waals surface area (Å²) in [4.78, 5) is 1.98. The number of ether oxygens (including phenoxy) is 1. The third-order valence-electron chi connectivity index (χ3n) is 8.18. The Morgan fingerprint density at radius 1 is 0.500 bits per heavy atom. The number of para-hydroxylation sites is 1.